The molecule has 0 saturated heterocycles. The molecule has 0 aliphatic rings. The summed E-state index contributed by atoms with van der Waals surface area (Å²) in [5.74, 6) is -0.0161. The van der Waals surface area contributed by atoms with E-state index in [0.717, 1.165) is 18.8 Å². The van der Waals surface area contributed by atoms with Crippen molar-refractivity contribution in [2.24, 2.45) is 0 Å². The average Bonchev–Trinajstić information content (AvgIpc) is 2.49. The lowest BCUT2D eigenvalue weighted by molar-refractivity contribution is -0.114. The summed E-state index contributed by atoms with van der Waals surface area (Å²) in [6, 6.07) is 8.22. The minimum absolute atomic E-state index is 0.0161. The van der Waals surface area contributed by atoms with Gasteiger partial charge >= 0.3 is 0 Å². The third kappa shape index (κ3) is 7.48. The van der Waals surface area contributed by atoms with Gasteiger partial charge in [0, 0.05) is 31.4 Å². The fourth-order valence-electron chi connectivity index (χ4n) is 2.64. The predicted molar refractivity (Wildman–Crippen MR) is 96.6 cm³/mol. The lowest BCUT2D eigenvalue weighted by Gasteiger charge is -2.25. The molecule has 1 N–H and O–H groups in total. The van der Waals surface area contributed by atoms with Crippen LogP contribution in [0.1, 0.15) is 65.7 Å². The van der Waals surface area contributed by atoms with Crippen molar-refractivity contribution in [2.45, 2.75) is 65.7 Å². The van der Waals surface area contributed by atoms with Crippen molar-refractivity contribution in [1.29, 1.82) is 0 Å². The molecule has 0 aromatic heterocycles. The van der Waals surface area contributed by atoms with Crippen LogP contribution < -0.4 is 10.2 Å². The SMILES string of the molecule is CCCCCCN(CCCCC)c1cccc(NC(C)=O)c1. The maximum atomic E-state index is 11.2. The summed E-state index contributed by atoms with van der Waals surface area (Å²) in [6.45, 7) is 8.24. The van der Waals surface area contributed by atoms with Gasteiger partial charge in [-0.05, 0) is 31.0 Å². The molecule has 3 nitrogen and oxygen atoms in total. The van der Waals surface area contributed by atoms with E-state index < -0.39 is 0 Å². The van der Waals surface area contributed by atoms with E-state index >= 15 is 0 Å². The molecule has 3 heteroatoms. The van der Waals surface area contributed by atoms with Crippen molar-refractivity contribution in [1.82, 2.24) is 0 Å². The second-order valence-electron chi connectivity index (χ2n) is 5.99. The van der Waals surface area contributed by atoms with Gasteiger partial charge in [-0.25, -0.2) is 0 Å². The summed E-state index contributed by atoms with van der Waals surface area (Å²) in [4.78, 5) is 13.7. The Morgan fingerprint density at radius 3 is 2.27 bits per heavy atom. The summed E-state index contributed by atoms with van der Waals surface area (Å²) in [5, 5.41) is 2.88. The van der Waals surface area contributed by atoms with Gasteiger partial charge in [-0.2, -0.15) is 0 Å². The van der Waals surface area contributed by atoms with E-state index in [2.05, 4.69) is 36.2 Å². The molecule has 0 spiro atoms. The molecule has 0 unspecified atom stereocenters. The highest BCUT2D eigenvalue weighted by Gasteiger charge is 2.07. The Labute approximate surface area is 136 Å². The number of hydrogen-bond donors (Lipinski definition) is 1. The van der Waals surface area contributed by atoms with Gasteiger partial charge in [0.1, 0.15) is 0 Å². The summed E-state index contributed by atoms with van der Waals surface area (Å²) in [7, 11) is 0. The molecule has 22 heavy (non-hydrogen) atoms. The number of benzene rings is 1. The number of nitrogens with one attached hydrogen (secondary N) is 1. The first-order valence-electron chi connectivity index (χ1n) is 8.80. The predicted octanol–water partition coefficient (Wildman–Crippen LogP) is 5.22. The molecule has 0 bridgehead atoms. The van der Waals surface area contributed by atoms with Crippen LogP contribution in [0.25, 0.3) is 0 Å². The standard InChI is InChI=1S/C19H32N2O/c1-4-6-8-10-15-21(14-9-7-5-2)19-13-11-12-18(16-19)20-17(3)22/h11-13,16H,4-10,14-15H2,1-3H3,(H,20,22). The molecule has 124 valence electrons. The molecule has 0 fully saturated rings. The summed E-state index contributed by atoms with van der Waals surface area (Å²) in [6.07, 6.45) is 8.88. The Morgan fingerprint density at radius 1 is 1.00 bits per heavy atom. The molecule has 1 aromatic carbocycles. The molecule has 0 aliphatic carbocycles. The highest BCUT2D eigenvalue weighted by atomic mass is 16.1. The highest BCUT2D eigenvalue weighted by molar-refractivity contribution is 5.89. The molecule has 1 amide bonds. The van der Waals surface area contributed by atoms with Crippen molar-refractivity contribution in [3.8, 4) is 0 Å². The minimum atomic E-state index is -0.0161. The van der Waals surface area contributed by atoms with Crippen LogP contribution in [0, 0.1) is 0 Å². The molecule has 0 saturated carbocycles. The monoisotopic (exact) mass is 304 g/mol. The van der Waals surface area contributed by atoms with E-state index in [0.29, 0.717) is 0 Å². The molecule has 0 atom stereocenters. The van der Waals surface area contributed by atoms with Crippen LogP contribution in [-0.4, -0.2) is 19.0 Å². The van der Waals surface area contributed by atoms with E-state index in [4.69, 9.17) is 0 Å². The Kier molecular flexibility index (Phi) is 9.36. The fraction of sp³-hybridized carbons (Fsp3) is 0.632. The summed E-state index contributed by atoms with van der Waals surface area (Å²) >= 11 is 0. The van der Waals surface area contributed by atoms with Crippen LogP contribution >= 0.6 is 0 Å². The first-order chi connectivity index (χ1) is 10.7. The number of carbonyl (C=O) groups excluding carboxylic acids is 1. The van der Waals surface area contributed by atoms with Gasteiger partial charge in [-0.15, -0.1) is 0 Å². The summed E-state index contributed by atoms with van der Waals surface area (Å²) in [5.41, 5.74) is 2.11. The lowest BCUT2D eigenvalue weighted by atomic mass is 10.1. The quantitative estimate of drug-likeness (QED) is 0.568. The number of hydrogen-bond acceptors (Lipinski definition) is 2. The van der Waals surface area contributed by atoms with Crippen LogP contribution in [0.2, 0.25) is 0 Å². The van der Waals surface area contributed by atoms with Crippen LogP contribution in [0.5, 0.6) is 0 Å². The minimum Gasteiger partial charge on any atom is -0.371 e. The van der Waals surface area contributed by atoms with Gasteiger partial charge in [0.2, 0.25) is 5.91 Å². The van der Waals surface area contributed by atoms with Crippen molar-refractivity contribution in [3.05, 3.63) is 24.3 Å². The molecular weight excluding hydrogens is 272 g/mol. The Balaban J connectivity index is 2.68. The Hall–Kier alpha value is -1.51. The number of carbonyl (C=O) groups is 1. The smallest absolute Gasteiger partial charge is 0.221 e. The summed E-state index contributed by atoms with van der Waals surface area (Å²) < 4.78 is 0. The lowest BCUT2D eigenvalue weighted by Crippen LogP contribution is -2.25. The third-order valence-corrected chi connectivity index (χ3v) is 3.84. The van der Waals surface area contributed by atoms with E-state index in [9.17, 15) is 4.79 Å². The van der Waals surface area contributed by atoms with E-state index in [-0.39, 0.29) is 5.91 Å². The van der Waals surface area contributed by atoms with E-state index in [1.54, 1.807) is 6.92 Å². The van der Waals surface area contributed by atoms with Crippen molar-refractivity contribution >= 4 is 17.3 Å². The van der Waals surface area contributed by atoms with Crippen molar-refractivity contribution in [3.63, 3.8) is 0 Å². The first kappa shape index (κ1) is 18.5. The molecule has 0 heterocycles. The number of nitrogens with zero attached hydrogens (tertiary/aromatic N) is 1. The van der Waals surface area contributed by atoms with Crippen LogP contribution in [0.15, 0.2) is 24.3 Å². The number of unbranched alkanes of at least 4 members (excludes halogenated alkanes) is 5. The molecule has 0 radical (unpaired) electrons. The van der Waals surface area contributed by atoms with Gasteiger partial charge in [-0.3, -0.25) is 4.79 Å². The van der Waals surface area contributed by atoms with Crippen LogP contribution in [-0.2, 0) is 4.79 Å². The molecule has 0 aliphatic heterocycles. The fourth-order valence-corrected chi connectivity index (χ4v) is 2.64. The Morgan fingerprint density at radius 2 is 1.64 bits per heavy atom. The third-order valence-electron chi connectivity index (χ3n) is 3.84. The molecule has 1 aromatic rings. The van der Waals surface area contributed by atoms with Crippen LogP contribution in [0.4, 0.5) is 11.4 Å². The van der Waals surface area contributed by atoms with Gasteiger partial charge in [-0.1, -0.05) is 52.0 Å². The first-order valence-corrected chi connectivity index (χ1v) is 8.80. The second kappa shape index (κ2) is 11.1. The molecule has 1 rings (SSSR count). The number of amides is 1. The van der Waals surface area contributed by atoms with Gasteiger partial charge in [0.25, 0.3) is 0 Å². The molecular formula is C19H32N2O. The zero-order valence-corrected chi connectivity index (χ0v) is 14.5. The number of rotatable bonds is 11. The number of anilines is 2. The topological polar surface area (TPSA) is 32.3 Å². The van der Waals surface area contributed by atoms with Crippen molar-refractivity contribution < 1.29 is 4.79 Å². The van der Waals surface area contributed by atoms with Gasteiger partial charge < -0.3 is 10.2 Å². The zero-order valence-electron chi connectivity index (χ0n) is 14.5. The Bertz CT molecular complexity index is 431. The van der Waals surface area contributed by atoms with Crippen molar-refractivity contribution in [2.75, 3.05) is 23.3 Å². The highest BCUT2D eigenvalue weighted by Crippen LogP contribution is 2.21. The van der Waals surface area contributed by atoms with E-state index in [1.165, 1.54) is 50.6 Å². The normalized spacial score (nSPS) is 10.5. The van der Waals surface area contributed by atoms with Crippen LogP contribution in [0.3, 0.4) is 0 Å². The maximum Gasteiger partial charge on any atom is 0.221 e. The van der Waals surface area contributed by atoms with Gasteiger partial charge in [0.15, 0.2) is 0 Å². The van der Waals surface area contributed by atoms with E-state index in [1.807, 2.05) is 12.1 Å². The van der Waals surface area contributed by atoms with Gasteiger partial charge in [0.05, 0.1) is 0 Å². The second-order valence-corrected chi connectivity index (χ2v) is 5.99. The zero-order chi connectivity index (χ0) is 16.2. The largest absolute Gasteiger partial charge is 0.371 e. The maximum absolute atomic E-state index is 11.2. The average molecular weight is 304 g/mol.